The van der Waals surface area contributed by atoms with Crippen molar-refractivity contribution in [1.29, 1.82) is 0 Å². The molecule has 1 atom stereocenters. The van der Waals surface area contributed by atoms with E-state index in [1.54, 1.807) is 0 Å². The molecule has 0 bridgehead atoms. The molecule has 2 heterocycles. The van der Waals surface area contributed by atoms with E-state index in [0.29, 0.717) is 13.2 Å². The van der Waals surface area contributed by atoms with Gasteiger partial charge in [-0.05, 0) is 39.3 Å². The number of carbonyl (C=O) groups excluding carboxylic acids is 1. The minimum absolute atomic E-state index is 0.0365. The summed E-state index contributed by atoms with van der Waals surface area (Å²) < 4.78 is 7.48. The van der Waals surface area contributed by atoms with Crippen LogP contribution in [0.4, 0.5) is 11.6 Å². The second-order valence-corrected chi connectivity index (χ2v) is 8.00. The lowest BCUT2D eigenvalue weighted by Crippen LogP contribution is -2.38. The number of hydrogen-bond donors (Lipinski definition) is 1. The number of ether oxygens (including phenoxy) is 1. The summed E-state index contributed by atoms with van der Waals surface area (Å²) in [6, 6.07) is 6.02. The maximum Gasteiger partial charge on any atom is 0.237 e. The third kappa shape index (κ3) is 4.62. The van der Waals surface area contributed by atoms with Crippen molar-refractivity contribution in [2.45, 2.75) is 44.6 Å². The maximum absolute atomic E-state index is 12.6. The molecule has 1 unspecified atom stereocenters. The number of aryl methyl sites for hydroxylation is 2. The number of nitrogens with zero attached hydrogens (tertiary/aromatic N) is 4. The highest BCUT2D eigenvalue weighted by Crippen LogP contribution is 2.27. The fourth-order valence-electron chi connectivity index (χ4n) is 3.04. The Balaban J connectivity index is 1.68. The molecule has 1 amide bonds. The van der Waals surface area contributed by atoms with Gasteiger partial charge in [0.1, 0.15) is 0 Å². The largest absolute Gasteiger partial charge is 0.378 e. The zero-order chi connectivity index (χ0) is 19.4. The van der Waals surface area contributed by atoms with Crippen molar-refractivity contribution < 1.29 is 9.53 Å². The summed E-state index contributed by atoms with van der Waals surface area (Å²) in [6.07, 6.45) is 0. The molecular weight excluding hydrogens is 362 g/mol. The molecule has 0 radical (unpaired) electrons. The van der Waals surface area contributed by atoms with E-state index in [4.69, 9.17) is 4.74 Å². The van der Waals surface area contributed by atoms with Gasteiger partial charge in [-0.25, -0.2) is 0 Å². The minimum atomic E-state index is -0.280. The topological polar surface area (TPSA) is 72.3 Å². The number of anilines is 2. The van der Waals surface area contributed by atoms with Crippen LogP contribution in [0.2, 0.25) is 0 Å². The molecule has 1 aromatic carbocycles. The lowest BCUT2D eigenvalue weighted by Gasteiger charge is -2.27. The SMILES string of the molecule is CCn1c(SC(C)C(=O)Nc2ccc(C)cc2C)nnc1N1CCOCC1. The van der Waals surface area contributed by atoms with Crippen LogP contribution >= 0.6 is 11.8 Å². The molecule has 8 heteroatoms. The lowest BCUT2D eigenvalue weighted by atomic mass is 10.1. The monoisotopic (exact) mass is 389 g/mol. The first-order chi connectivity index (χ1) is 13.0. The van der Waals surface area contributed by atoms with Crippen LogP contribution in [-0.4, -0.2) is 52.2 Å². The van der Waals surface area contributed by atoms with Crippen molar-refractivity contribution >= 4 is 29.3 Å². The average molecular weight is 390 g/mol. The summed E-state index contributed by atoms with van der Waals surface area (Å²) in [6.45, 7) is 11.8. The number of rotatable bonds is 6. The van der Waals surface area contributed by atoms with Gasteiger partial charge in [-0.15, -0.1) is 10.2 Å². The van der Waals surface area contributed by atoms with E-state index in [1.807, 2.05) is 32.9 Å². The molecule has 0 aliphatic carbocycles. The fraction of sp³-hybridized carbons (Fsp3) is 0.526. The summed E-state index contributed by atoms with van der Waals surface area (Å²) in [5.41, 5.74) is 3.09. The predicted octanol–water partition coefficient (Wildman–Crippen LogP) is 2.87. The van der Waals surface area contributed by atoms with Gasteiger partial charge in [-0.3, -0.25) is 9.36 Å². The number of aromatic nitrogens is 3. The van der Waals surface area contributed by atoms with E-state index in [1.165, 1.54) is 17.3 Å². The van der Waals surface area contributed by atoms with Crippen LogP contribution in [0.3, 0.4) is 0 Å². The number of morpholine rings is 1. The van der Waals surface area contributed by atoms with Crippen molar-refractivity contribution in [3.63, 3.8) is 0 Å². The number of carbonyl (C=O) groups is 1. The van der Waals surface area contributed by atoms with Gasteiger partial charge < -0.3 is 15.0 Å². The van der Waals surface area contributed by atoms with Crippen LogP contribution in [-0.2, 0) is 16.1 Å². The quantitative estimate of drug-likeness (QED) is 0.766. The fourth-order valence-corrected chi connectivity index (χ4v) is 3.95. The zero-order valence-electron chi connectivity index (χ0n) is 16.4. The van der Waals surface area contributed by atoms with Crippen molar-refractivity contribution in [2.75, 3.05) is 36.5 Å². The lowest BCUT2D eigenvalue weighted by molar-refractivity contribution is -0.115. The summed E-state index contributed by atoms with van der Waals surface area (Å²) in [7, 11) is 0. The first-order valence-electron chi connectivity index (χ1n) is 9.30. The Hall–Kier alpha value is -2.06. The molecule has 1 aliphatic heterocycles. The average Bonchev–Trinajstić information content (AvgIpc) is 3.07. The number of hydrogen-bond acceptors (Lipinski definition) is 6. The zero-order valence-corrected chi connectivity index (χ0v) is 17.2. The van der Waals surface area contributed by atoms with Crippen molar-refractivity contribution in [1.82, 2.24) is 14.8 Å². The number of amides is 1. The molecule has 1 aliphatic rings. The molecule has 1 aromatic heterocycles. The van der Waals surface area contributed by atoms with E-state index < -0.39 is 0 Å². The highest BCUT2D eigenvalue weighted by atomic mass is 32.2. The van der Waals surface area contributed by atoms with E-state index in [0.717, 1.165) is 42.0 Å². The first-order valence-corrected chi connectivity index (χ1v) is 10.2. The Morgan fingerprint density at radius 3 is 2.70 bits per heavy atom. The molecule has 146 valence electrons. The van der Waals surface area contributed by atoms with Crippen molar-refractivity contribution in [3.8, 4) is 0 Å². The Kier molecular flexibility index (Phi) is 6.38. The standard InChI is InChI=1S/C19H27N5O2S/c1-5-24-18(23-8-10-26-11-9-23)21-22-19(24)27-15(4)17(25)20-16-7-6-13(2)12-14(16)3/h6-7,12,15H,5,8-11H2,1-4H3,(H,20,25). The number of benzene rings is 1. The highest BCUT2D eigenvalue weighted by Gasteiger charge is 2.23. The Labute approximate surface area is 164 Å². The molecule has 1 N–H and O–H groups in total. The van der Waals surface area contributed by atoms with Crippen LogP contribution in [0, 0.1) is 13.8 Å². The maximum atomic E-state index is 12.6. The van der Waals surface area contributed by atoms with Crippen LogP contribution in [0.5, 0.6) is 0 Å². The van der Waals surface area contributed by atoms with Crippen LogP contribution in [0.15, 0.2) is 23.4 Å². The summed E-state index contributed by atoms with van der Waals surface area (Å²) in [5.74, 6) is 0.816. The van der Waals surface area contributed by atoms with Crippen LogP contribution in [0.25, 0.3) is 0 Å². The van der Waals surface area contributed by atoms with Gasteiger partial charge >= 0.3 is 0 Å². The van der Waals surface area contributed by atoms with Gasteiger partial charge in [-0.1, -0.05) is 29.5 Å². The Morgan fingerprint density at radius 2 is 2.04 bits per heavy atom. The molecule has 0 saturated carbocycles. The van der Waals surface area contributed by atoms with Gasteiger partial charge in [0, 0.05) is 25.3 Å². The number of thioether (sulfide) groups is 1. The van der Waals surface area contributed by atoms with Gasteiger partial charge in [0.2, 0.25) is 11.9 Å². The molecule has 3 rings (SSSR count). The van der Waals surface area contributed by atoms with Gasteiger partial charge in [0.15, 0.2) is 5.16 Å². The molecule has 0 spiro atoms. The van der Waals surface area contributed by atoms with Gasteiger partial charge in [0.25, 0.3) is 0 Å². The predicted molar refractivity (Wildman–Crippen MR) is 109 cm³/mol. The van der Waals surface area contributed by atoms with Crippen molar-refractivity contribution in [2.24, 2.45) is 0 Å². The summed E-state index contributed by atoms with van der Waals surface area (Å²) >= 11 is 1.44. The Morgan fingerprint density at radius 1 is 1.30 bits per heavy atom. The second kappa shape index (κ2) is 8.75. The highest BCUT2D eigenvalue weighted by molar-refractivity contribution is 8.00. The molecular formula is C19H27N5O2S. The normalized spacial score (nSPS) is 15.6. The van der Waals surface area contributed by atoms with Gasteiger partial charge in [0.05, 0.1) is 18.5 Å². The second-order valence-electron chi connectivity index (χ2n) is 6.69. The third-order valence-corrected chi connectivity index (χ3v) is 5.68. The molecule has 1 fully saturated rings. The molecule has 2 aromatic rings. The molecule has 27 heavy (non-hydrogen) atoms. The van der Waals surface area contributed by atoms with E-state index in [2.05, 4.69) is 38.0 Å². The van der Waals surface area contributed by atoms with E-state index >= 15 is 0 Å². The summed E-state index contributed by atoms with van der Waals surface area (Å²) in [4.78, 5) is 14.8. The molecule has 7 nitrogen and oxygen atoms in total. The smallest absolute Gasteiger partial charge is 0.237 e. The first kappa shape index (κ1) is 19.7. The Bertz CT molecular complexity index is 801. The van der Waals surface area contributed by atoms with Crippen LogP contribution in [0.1, 0.15) is 25.0 Å². The third-order valence-electron chi connectivity index (χ3n) is 4.60. The summed E-state index contributed by atoms with van der Waals surface area (Å²) in [5, 5.41) is 12.2. The van der Waals surface area contributed by atoms with Gasteiger partial charge in [-0.2, -0.15) is 0 Å². The van der Waals surface area contributed by atoms with E-state index in [9.17, 15) is 4.79 Å². The van der Waals surface area contributed by atoms with E-state index in [-0.39, 0.29) is 11.2 Å². The minimum Gasteiger partial charge on any atom is -0.378 e. The van der Waals surface area contributed by atoms with Crippen molar-refractivity contribution in [3.05, 3.63) is 29.3 Å². The number of nitrogens with one attached hydrogen (secondary N) is 1. The van der Waals surface area contributed by atoms with Crippen LogP contribution < -0.4 is 10.2 Å². The molecule has 1 saturated heterocycles.